The van der Waals surface area contributed by atoms with Crippen molar-refractivity contribution in [1.82, 2.24) is 15.0 Å². The van der Waals surface area contributed by atoms with E-state index in [0.29, 0.717) is 37.9 Å². The van der Waals surface area contributed by atoms with E-state index < -0.39 is 0 Å². The molecule has 1 aromatic carbocycles. The van der Waals surface area contributed by atoms with E-state index >= 15 is 0 Å². The van der Waals surface area contributed by atoms with Gasteiger partial charge in [-0.15, -0.1) is 11.3 Å². The molecule has 7 nitrogen and oxygen atoms in total. The Hall–Kier alpha value is -2.75. The summed E-state index contributed by atoms with van der Waals surface area (Å²) in [7, 11) is 3.27. The van der Waals surface area contributed by atoms with E-state index in [-0.39, 0.29) is 5.91 Å². The molecule has 142 valence electrons. The molecule has 0 unspecified atom stereocenters. The summed E-state index contributed by atoms with van der Waals surface area (Å²) in [5.41, 5.74) is 1.37. The fourth-order valence-corrected chi connectivity index (χ4v) is 4.70. The van der Waals surface area contributed by atoms with Crippen molar-refractivity contribution in [2.24, 2.45) is 0 Å². The highest BCUT2D eigenvalue weighted by atomic mass is 35.5. The van der Waals surface area contributed by atoms with Crippen molar-refractivity contribution in [2.45, 2.75) is 0 Å². The van der Waals surface area contributed by atoms with Crippen LogP contribution in [0.1, 0.15) is 9.67 Å². The number of methoxy groups -OCH3 is 1. The van der Waals surface area contributed by atoms with Crippen LogP contribution in [0.2, 0.25) is 5.02 Å². The number of rotatable bonds is 5. The van der Waals surface area contributed by atoms with Crippen molar-refractivity contribution in [2.75, 3.05) is 24.8 Å². The second-order valence-corrected chi connectivity index (χ2v) is 8.07. The van der Waals surface area contributed by atoms with Gasteiger partial charge in [0, 0.05) is 19.3 Å². The average molecular weight is 432 g/mol. The molecule has 0 saturated carbocycles. The molecular formula is C18H14ClN5O2S2. The fraction of sp³-hybridized carbons (Fsp3) is 0.111. The van der Waals surface area contributed by atoms with Crippen LogP contribution in [0.3, 0.4) is 0 Å². The third-order valence-corrected chi connectivity index (χ3v) is 6.22. The van der Waals surface area contributed by atoms with E-state index in [2.05, 4.69) is 25.6 Å². The Morgan fingerprint density at radius 3 is 2.82 bits per heavy atom. The summed E-state index contributed by atoms with van der Waals surface area (Å²) >= 11 is 8.82. The molecular weight excluding hydrogens is 418 g/mol. The Morgan fingerprint density at radius 1 is 1.21 bits per heavy atom. The van der Waals surface area contributed by atoms with Gasteiger partial charge in [-0.25, -0.2) is 15.0 Å². The number of thiophene rings is 1. The molecule has 0 bridgehead atoms. The molecule has 0 aliphatic carbocycles. The van der Waals surface area contributed by atoms with E-state index in [1.807, 2.05) is 12.1 Å². The summed E-state index contributed by atoms with van der Waals surface area (Å²) in [6.45, 7) is 0. The van der Waals surface area contributed by atoms with Gasteiger partial charge >= 0.3 is 0 Å². The van der Waals surface area contributed by atoms with Crippen molar-refractivity contribution >= 4 is 61.5 Å². The Kier molecular flexibility index (Phi) is 5.12. The molecule has 1 amide bonds. The van der Waals surface area contributed by atoms with Gasteiger partial charge in [-0.2, -0.15) is 0 Å². The number of amides is 1. The zero-order valence-corrected chi connectivity index (χ0v) is 17.2. The first-order valence-corrected chi connectivity index (χ1v) is 10.2. The number of para-hydroxylation sites is 1. The van der Waals surface area contributed by atoms with E-state index in [1.54, 1.807) is 31.4 Å². The smallest absolute Gasteiger partial charge is 0.271 e. The number of nitrogens with one attached hydrogen (secondary N) is 2. The van der Waals surface area contributed by atoms with Crippen molar-refractivity contribution in [3.05, 3.63) is 46.4 Å². The van der Waals surface area contributed by atoms with E-state index in [0.717, 1.165) is 9.58 Å². The maximum Gasteiger partial charge on any atom is 0.271 e. The van der Waals surface area contributed by atoms with Crippen LogP contribution in [0.5, 0.6) is 5.75 Å². The zero-order valence-electron chi connectivity index (χ0n) is 14.8. The maximum absolute atomic E-state index is 12.8. The number of carbonyl (C=O) groups is 1. The molecule has 0 radical (unpaired) electrons. The number of hydrogen-bond donors (Lipinski definition) is 2. The first-order valence-electron chi connectivity index (χ1n) is 8.14. The fourth-order valence-electron chi connectivity index (χ4n) is 2.55. The first-order chi connectivity index (χ1) is 13.6. The van der Waals surface area contributed by atoms with Crippen LogP contribution in [0.4, 0.5) is 11.1 Å². The quantitative estimate of drug-likeness (QED) is 0.473. The van der Waals surface area contributed by atoms with Crippen LogP contribution in [0.15, 0.2) is 36.5 Å². The minimum atomic E-state index is -0.300. The van der Waals surface area contributed by atoms with Crippen molar-refractivity contribution in [1.29, 1.82) is 0 Å². The molecule has 0 spiro atoms. The highest BCUT2D eigenvalue weighted by molar-refractivity contribution is 7.22. The average Bonchev–Trinajstić information content (AvgIpc) is 3.32. The molecule has 0 aliphatic rings. The van der Waals surface area contributed by atoms with Crippen molar-refractivity contribution in [3.8, 4) is 16.3 Å². The van der Waals surface area contributed by atoms with E-state index in [9.17, 15) is 4.79 Å². The number of thiazole rings is 1. The molecule has 0 fully saturated rings. The zero-order chi connectivity index (χ0) is 19.7. The lowest BCUT2D eigenvalue weighted by molar-refractivity contribution is 0.102. The van der Waals surface area contributed by atoms with Gasteiger partial charge < -0.3 is 10.1 Å². The summed E-state index contributed by atoms with van der Waals surface area (Å²) in [6.07, 6.45) is 1.66. The summed E-state index contributed by atoms with van der Waals surface area (Å²) in [6, 6.07) is 9.10. The van der Waals surface area contributed by atoms with Gasteiger partial charge in [0.2, 0.25) is 5.95 Å². The third-order valence-electron chi connectivity index (χ3n) is 3.85. The minimum absolute atomic E-state index is 0.300. The van der Waals surface area contributed by atoms with Crippen LogP contribution < -0.4 is 15.4 Å². The SMILES string of the molecule is CNc1nccc(-c2cc(OC)c(C(=O)Nc3nc4c(Cl)cccc4s3)s2)n1. The minimum Gasteiger partial charge on any atom is -0.495 e. The first kappa shape index (κ1) is 18.6. The number of carbonyl (C=O) groups excluding carboxylic acids is 1. The van der Waals surface area contributed by atoms with Crippen molar-refractivity contribution < 1.29 is 9.53 Å². The number of nitrogens with zero attached hydrogens (tertiary/aromatic N) is 3. The highest BCUT2D eigenvalue weighted by Crippen LogP contribution is 2.37. The largest absolute Gasteiger partial charge is 0.495 e. The summed E-state index contributed by atoms with van der Waals surface area (Å²) < 4.78 is 6.30. The number of aromatic nitrogens is 3. The van der Waals surface area contributed by atoms with E-state index in [1.165, 1.54) is 29.8 Å². The molecule has 28 heavy (non-hydrogen) atoms. The summed E-state index contributed by atoms with van der Waals surface area (Å²) in [5, 5.41) is 6.76. The Labute approximate surface area is 173 Å². The van der Waals surface area contributed by atoms with Crippen LogP contribution in [0, 0.1) is 0 Å². The van der Waals surface area contributed by atoms with Crippen LogP contribution in [-0.4, -0.2) is 35.0 Å². The topological polar surface area (TPSA) is 89.0 Å². The maximum atomic E-state index is 12.8. The molecule has 4 aromatic rings. The standard InChI is InChI=1S/C18H14ClN5O2S2/c1-20-17-21-7-6-10(22-17)13-8-11(26-2)15(27-13)16(25)24-18-23-14-9(19)4-3-5-12(14)28-18/h3-8H,1-2H3,(H,20,21,22)(H,23,24,25). The molecule has 0 atom stereocenters. The molecule has 0 saturated heterocycles. The van der Waals surface area contributed by atoms with Gasteiger partial charge in [0.25, 0.3) is 5.91 Å². The lowest BCUT2D eigenvalue weighted by Crippen LogP contribution is -2.10. The van der Waals surface area contributed by atoms with Gasteiger partial charge in [-0.3, -0.25) is 10.1 Å². The second-order valence-electron chi connectivity index (χ2n) is 5.58. The summed E-state index contributed by atoms with van der Waals surface area (Å²) in [5.74, 6) is 0.676. The third kappa shape index (κ3) is 3.51. The molecule has 10 heteroatoms. The Balaban J connectivity index is 1.64. The molecule has 4 rings (SSSR count). The van der Waals surface area contributed by atoms with Gasteiger partial charge in [-0.1, -0.05) is 29.0 Å². The second kappa shape index (κ2) is 7.70. The van der Waals surface area contributed by atoms with Gasteiger partial charge in [0.15, 0.2) is 5.13 Å². The van der Waals surface area contributed by atoms with Gasteiger partial charge in [-0.05, 0) is 18.2 Å². The van der Waals surface area contributed by atoms with Crippen LogP contribution >= 0.6 is 34.3 Å². The Morgan fingerprint density at radius 2 is 2.07 bits per heavy atom. The molecule has 2 N–H and O–H groups in total. The van der Waals surface area contributed by atoms with Gasteiger partial charge in [0.05, 0.1) is 27.4 Å². The number of hydrogen-bond acceptors (Lipinski definition) is 8. The lowest BCUT2D eigenvalue weighted by Gasteiger charge is -2.01. The molecule has 3 aromatic heterocycles. The predicted octanol–water partition coefficient (Wildman–Crippen LogP) is 4.77. The van der Waals surface area contributed by atoms with E-state index in [4.69, 9.17) is 16.3 Å². The number of halogens is 1. The number of benzene rings is 1. The molecule has 0 aliphatic heterocycles. The van der Waals surface area contributed by atoms with Gasteiger partial charge in [0.1, 0.15) is 16.1 Å². The lowest BCUT2D eigenvalue weighted by atomic mass is 10.3. The number of anilines is 2. The predicted molar refractivity (Wildman–Crippen MR) is 114 cm³/mol. The number of ether oxygens (including phenoxy) is 1. The molecule has 3 heterocycles. The summed E-state index contributed by atoms with van der Waals surface area (Å²) in [4.78, 5) is 27.0. The number of fused-ring (bicyclic) bond motifs is 1. The van der Waals surface area contributed by atoms with Crippen molar-refractivity contribution in [3.63, 3.8) is 0 Å². The highest BCUT2D eigenvalue weighted by Gasteiger charge is 2.20. The normalized spacial score (nSPS) is 10.8. The Bertz CT molecular complexity index is 1170. The monoisotopic (exact) mass is 431 g/mol. The van der Waals surface area contributed by atoms with Crippen LogP contribution in [-0.2, 0) is 0 Å². The van der Waals surface area contributed by atoms with Crippen LogP contribution in [0.25, 0.3) is 20.8 Å².